The summed E-state index contributed by atoms with van der Waals surface area (Å²) in [7, 11) is 0. The molecule has 0 bridgehead atoms. The zero-order chi connectivity index (χ0) is 16.4. The SMILES string of the molecule is Cc1ccc([C@H](NC(=O)c2cccc([N+](=O)[O-])c2)C2CC2)cc1. The van der Waals surface area contributed by atoms with Gasteiger partial charge in [0, 0.05) is 17.7 Å². The number of nitrogens with zero attached hydrogens (tertiary/aromatic N) is 1. The van der Waals surface area contributed by atoms with E-state index < -0.39 is 4.92 Å². The van der Waals surface area contributed by atoms with Crippen molar-refractivity contribution in [3.63, 3.8) is 0 Å². The first kappa shape index (κ1) is 15.2. The molecule has 0 aliphatic heterocycles. The molecule has 1 saturated carbocycles. The van der Waals surface area contributed by atoms with Gasteiger partial charge < -0.3 is 5.32 Å². The molecular weight excluding hydrogens is 292 g/mol. The molecule has 0 radical (unpaired) electrons. The molecule has 0 heterocycles. The van der Waals surface area contributed by atoms with Crippen LogP contribution in [-0.2, 0) is 0 Å². The first-order chi connectivity index (χ1) is 11.0. The fraction of sp³-hybridized carbons (Fsp3) is 0.278. The number of aryl methyl sites for hydroxylation is 1. The van der Waals surface area contributed by atoms with Gasteiger partial charge in [0.05, 0.1) is 11.0 Å². The minimum atomic E-state index is -0.491. The second-order valence-corrected chi connectivity index (χ2v) is 6.01. The normalized spacial score (nSPS) is 15.0. The highest BCUT2D eigenvalue weighted by Crippen LogP contribution is 2.41. The van der Waals surface area contributed by atoms with E-state index in [1.54, 1.807) is 6.07 Å². The predicted molar refractivity (Wildman–Crippen MR) is 87.2 cm³/mol. The third kappa shape index (κ3) is 3.56. The zero-order valence-electron chi connectivity index (χ0n) is 12.9. The molecule has 1 aliphatic carbocycles. The molecule has 0 aromatic heterocycles. The second-order valence-electron chi connectivity index (χ2n) is 6.01. The number of hydrogen-bond donors (Lipinski definition) is 1. The van der Waals surface area contributed by atoms with Gasteiger partial charge in [-0.3, -0.25) is 14.9 Å². The Balaban J connectivity index is 1.80. The van der Waals surface area contributed by atoms with E-state index in [9.17, 15) is 14.9 Å². The second kappa shape index (κ2) is 6.20. The number of non-ortho nitro benzene ring substituents is 1. The molecule has 0 saturated heterocycles. The standard InChI is InChI=1S/C18H18N2O3/c1-12-5-7-13(8-6-12)17(14-9-10-14)19-18(21)15-3-2-4-16(11-15)20(22)23/h2-8,11,14,17H,9-10H2,1H3,(H,19,21)/t17-/m0/s1. The van der Waals surface area contributed by atoms with E-state index in [4.69, 9.17) is 0 Å². The Kier molecular flexibility index (Phi) is 4.10. The van der Waals surface area contributed by atoms with E-state index in [1.165, 1.54) is 23.8 Å². The van der Waals surface area contributed by atoms with Crippen molar-refractivity contribution in [2.45, 2.75) is 25.8 Å². The molecule has 5 heteroatoms. The molecule has 5 nitrogen and oxygen atoms in total. The van der Waals surface area contributed by atoms with Crippen molar-refractivity contribution in [1.82, 2.24) is 5.32 Å². The van der Waals surface area contributed by atoms with Crippen molar-refractivity contribution in [3.05, 3.63) is 75.3 Å². The summed E-state index contributed by atoms with van der Waals surface area (Å²) in [5, 5.41) is 13.9. The molecule has 23 heavy (non-hydrogen) atoms. The summed E-state index contributed by atoms with van der Waals surface area (Å²) in [5.74, 6) is 0.173. The molecule has 118 valence electrons. The van der Waals surface area contributed by atoms with Crippen molar-refractivity contribution in [2.24, 2.45) is 5.92 Å². The van der Waals surface area contributed by atoms with Gasteiger partial charge in [-0.05, 0) is 37.3 Å². The largest absolute Gasteiger partial charge is 0.345 e. The molecule has 0 spiro atoms. The average molecular weight is 310 g/mol. The van der Waals surface area contributed by atoms with Crippen LogP contribution in [0.1, 0.15) is 40.4 Å². The maximum Gasteiger partial charge on any atom is 0.270 e. The molecular formula is C18H18N2O3. The van der Waals surface area contributed by atoms with E-state index in [2.05, 4.69) is 5.32 Å². The number of amides is 1. The summed E-state index contributed by atoms with van der Waals surface area (Å²) in [6.07, 6.45) is 2.18. The number of hydrogen-bond acceptors (Lipinski definition) is 3. The Morgan fingerprint density at radius 2 is 1.91 bits per heavy atom. The monoisotopic (exact) mass is 310 g/mol. The van der Waals surface area contributed by atoms with E-state index >= 15 is 0 Å². The lowest BCUT2D eigenvalue weighted by Gasteiger charge is -2.19. The van der Waals surface area contributed by atoms with E-state index in [0.717, 1.165) is 18.4 Å². The quantitative estimate of drug-likeness (QED) is 0.674. The number of benzene rings is 2. The number of nitro benzene ring substituents is 1. The summed E-state index contributed by atoms with van der Waals surface area (Å²) in [6, 6.07) is 13.9. The highest BCUT2D eigenvalue weighted by Gasteiger charge is 2.33. The first-order valence-electron chi connectivity index (χ1n) is 7.66. The zero-order valence-corrected chi connectivity index (χ0v) is 12.9. The lowest BCUT2D eigenvalue weighted by Crippen LogP contribution is -2.29. The molecule has 1 aliphatic rings. The van der Waals surface area contributed by atoms with E-state index in [1.807, 2.05) is 31.2 Å². The Morgan fingerprint density at radius 3 is 2.52 bits per heavy atom. The maximum absolute atomic E-state index is 12.5. The van der Waals surface area contributed by atoms with Gasteiger partial charge in [0.1, 0.15) is 0 Å². The molecule has 1 N–H and O–H groups in total. The Hall–Kier alpha value is -2.69. The summed E-state index contributed by atoms with van der Waals surface area (Å²) in [5.41, 5.74) is 2.50. The molecule has 3 rings (SSSR count). The van der Waals surface area contributed by atoms with Gasteiger partial charge >= 0.3 is 0 Å². The van der Waals surface area contributed by atoms with E-state index in [0.29, 0.717) is 11.5 Å². The van der Waals surface area contributed by atoms with Crippen LogP contribution in [-0.4, -0.2) is 10.8 Å². The number of nitro groups is 1. The van der Waals surface area contributed by atoms with Gasteiger partial charge in [-0.1, -0.05) is 35.9 Å². The van der Waals surface area contributed by atoms with Gasteiger partial charge in [-0.2, -0.15) is 0 Å². The molecule has 1 amide bonds. The fourth-order valence-corrected chi connectivity index (χ4v) is 2.66. The fourth-order valence-electron chi connectivity index (χ4n) is 2.66. The highest BCUT2D eigenvalue weighted by atomic mass is 16.6. The molecule has 1 atom stereocenters. The Bertz CT molecular complexity index is 736. The number of carbonyl (C=O) groups is 1. The molecule has 2 aromatic rings. The summed E-state index contributed by atoms with van der Waals surface area (Å²) < 4.78 is 0. The van der Waals surface area contributed by atoms with Gasteiger partial charge in [0.15, 0.2) is 0 Å². The summed E-state index contributed by atoms with van der Waals surface area (Å²) in [4.78, 5) is 22.8. The number of rotatable bonds is 5. The minimum Gasteiger partial charge on any atom is -0.345 e. The smallest absolute Gasteiger partial charge is 0.270 e. The van der Waals surface area contributed by atoms with Crippen molar-refractivity contribution < 1.29 is 9.72 Å². The van der Waals surface area contributed by atoms with E-state index in [-0.39, 0.29) is 17.6 Å². The molecule has 1 fully saturated rings. The molecule has 2 aromatic carbocycles. The molecule has 0 unspecified atom stereocenters. The van der Waals surface area contributed by atoms with Crippen molar-refractivity contribution in [2.75, 3.05) is 0 Å². The third-order valence-corrected chi connectivity index (χ3v) is 4.14. The van der Waals surface area contributed by atoms with Gasteiger partial charge in [0.2, 0.25) is 0 Å². The van der Waals surface area contributed by atoms with Gasteiger partial charge in [0.25, 0.3) is 11.6 Å². The third-order valence-electron chi connectivity index (χ3n) is 4.14. The van der Waals surface area contributed by atoms with Crippen molar-refractivity contribution >= 4 is 11.6 Å². The summed E-state index contributed by atoms with van der Waals surface area (Å²) >= 11 is 0. The number of nitrogens with one attached hydrogen (secondary N) is 1. The Labute approximate surface area is 134 Å². The van der Waals surface area contributed by atoms with Crippen LogP contribution >= 0.6 is 0 Å². The number of carbonyl (C=O) groups excluding carboxylic acids is 1. The van der Waals surface area contributed by atoms with Crippen LogP contribution in [0, 0.1) is 23.0 Å². The lowest BCUT2D eigenvalue weighted by atomic mass is 10.0. The van der Waals surface area contributed by atoms with Crippen LogP contribution in [0.25, 0.3) is 0 Å². The van der Waals surface area contributed by atoms with Crippen LogP contribution in [0.2, 0.25) is 0 Å². The maximum atomic E-state index is 12.5. The first-order valence-corrected chi connectivity index (χ1v) is 7.66. The van der Waals surface area contributed by atoms with Crippen LogP contribution in [0.4, 0.5) is 5.69 Å². The lowest BCUT2D eigenvalue weighted by molar-refractivity contribution is -0.384. The van der Waals surface area contributed by atoms with Crippen LogP contribution in [0.15, 0.2) is 48.5 Å². The van der Waals surface area contributed by atoms with Crippen LogP contribution in [0.5, 0.6) is 0 Å². The van der Waals surface area contributed by atoms with Crippen LogP contribution < -0.4 is 5.32 Å². The van der Waals surface area contributed by atoms with Crippen LogP contribution in [0.3, 0.4) is 0 Å². The van der Waals surface area contributed by atoms with Gasteiger partial charge in [-0.15, -0.1) is 0 Å². The average Bonchev–Trinajstić information content (AvgIpc) is 3.38. The highest BCUT2D eigenvalue weighted by molar-refractivity contribution is 5.95. The Morgan fingerprint density at radius 1 is 1.22 bits per heavy atom. The predicted octanol–water partition coefficient (Wildman–Crippen LogP) is 3.78. The minimum absolute atomic E-state index is 0.0395. The summed E-state index contributed by atoms with van der Waals surface area (Å²) in [6.45, 7) is 2.03. The van der Waals surface area contributed by atoms with Crippen molar-refractivity contribution in [3.8, 4) is 0 Å². The topological polar surface area (TPSA) is 72.2 Å². The van der Waals surface area contributed by atoms with Gasteiger partial charge in [-0.25, -0.2) is 0 Å². The van der Waals surface area contributed by atoms with Crippen molar-refractivity contribution in [1.29, 1.82) is 0 Å².